The number of rotatable bonds is 1. The molecule has 0 fully saturated rings. The van der Waals surface area contributed by atoms with Gasteiger partial charge in [0, 0.05) is 0 Å². The van der Waals surface area contributed by atoms with Crippen molar-refractivity contribution >= 4 is 8.60 Å². The SMILES string of the molecule is OP(O)OC(F)(F)F. The molecule has 0 radical (unpaired) electrons. The van der Waals surface area contributed by atoms with Crippen molar-refractivity contribution < 1.29 is 27.5 Å². The van der Waals surface area contributed by atoms with E-state index in [2.05, 4.69) is 4.52 Å². The summed E-state index contributed by atoms with van der Waals surface area (Å²) < 4.78 is 35.0. The van der Waals surface area contributed by atoms with Gasteiger partial charge in [0.25, 0.3) is 0 Å². The number of hydrogen-bond donors (Lipinski definition) is 2. The van der Waals surface area contributed by atoms with Crippen LogP contribution in [0.2, 0.25) is 0 Å². The molecular formula is CH2F3O3P. The first-order chi connectivity index (χ1) is 3.42. The summed E-state index contributed by atoms with van der Waals surface area (Å²) in [7, 11) is -3.31. The number of hydrogen-bond acceptors (Lipinski definition) is 3. The monoisotopic (exact) mass is 150 g/mol. The molecule has 8 heavy (non-hydrogen) atoms. The molecular weight excluding hydrogens is 148 g/mol. The average molecular weight is 150 g/mol. The largest absolute Gasteiger partial charge is 0.529 e. The predicted molar refractivity (Wildman–Crippen MR) is 18.5 cm³/mol. The third-order valence-electron chi connectivity index (χ3n) is 0.185. The van der Waals surface area contributed by atoms with Crippen molar-refractivity contribution in [1.29, 1.82) is 0 Å². The molecule has 0 unspecified atom stereocenters. The lowest BCUT2D eigenvalue weighted by atomic mass is 11.4. The van der Waals surface area contributed by atoms with Gasteiger partial charge in [0.2, 0.25) is 0 Å². The van der Waals surface area contributed by atoms with E-state index in [9.17, 15) is 13.2 Å². The zero-order valence-electron chi connectivity index (χ0n) is 3.38. The van der Waals surface area contributed by atoms with Crippen molar-refractivity contribution in [3.05, 3.63) is 0 Å². The average Bonchev–Trinajstić information content (AvgIpc) is 1.21. The molecule has 0 atom stereocenters. The van der Waals surface area contributed by atoms with Crippen LogP contribution >= 0.6 is 8.60 Å². The highest BCUT2D eigenvalue weighted by Gasteiger charge is 2.33. The first kappa shape index (κ1) is 8.10. The van der Waals surface area contributed by atoms with Gasteiger partial charge in [-0.15, -0.1) is 13.2 Å². The van der Waals surface area contributed by atoms with Crippen LogP contribution in [0.1, 0.15) is 0 Å². The second-order valence-electron chi connectivity index (χ2n) is 0.790. The van der Waals surface area contributed by atoms with Gasteiger partial charge >= 0.3 is 15.0 Å². The molecule has 2 N–H and O–H groups in total. The summed E-state index contributed by atoms with van der Waals surface area (Å²) in [6.45, 7) is 0. The standard InChI is InChI=1S/CH2F3O3P/c2-1(3,4)7-8(5)6/h5-6H. The maximum Gasteiger partial charge on any atom is 0.529 e. The first-order valence-electron chi connectivity index (χ1n) is 1.35. The lowest BCUT2D eigenvalue weighted by Crippen LogP contribution is -2.08. The maximum atomic E-state index is 10.8. The molecule has 0 aromatic carbocycles. The predicted octanol–water partition coefficient (Wildman–Crippen LogP) is 0.734. The van der Waals surface area contributed by atoms with Crippen molar-refractivity contribution in [3.63, 3.8) is 0 Å². The lowest BCUT2D eigenvalue weighted by molar-refractivity contribution is -0.277. The van der Waals surface area contributed by atoms with Crippen LogP contribution in [0.25, 0.3) is 0 Å². The summed E-state index contributed by atoms with van der Waals surface area (Å²) in [5, 5.41) is 0. The Labute approximate surface area is 43.7 Å². The van der Waals surface area contributed by atoms with Crippen LogP contribution in [0.5, 0.6) is 0 Å². The second-order valence-corrected chi connectivity index (χ2v) is 1.48. The van der Waals surface area contributed by atoms with Crippen LogP contribution in [0.3, 0.4) is 0 Å². The molecule has 0 spiro atoms. The Morgan fingerprint density at radius 2 is 1.62 bits per heavy atom. The molecule has 0 amide bonds. The molecule has 0 heterocycles. The molecule has 0 aromatic rings. The first-order valence-corrected chi connectivity index (χ1v) is 2.52. The van der Waals surface area contributed by atoms with Gasteiger partial charge in [-0.3, -0.25) is 0 Å². The molecule has 0 aliphatic rings. The molecule has 7 heteroatoms. The minimum atomic E-state index is -4.95. The van der Waals surface area contributed by atoms with E-state index < -0.39 is 15.0 Å². The van der Waals surface area contributed by atoms with Gasteiger partial charge in [-0.2, -0.15) is 0 Å². The second kappa shape index (κ2) is 2.59. The van der Waals surface area contributed by atoms with Crippen molar-refractivity contribution in [3.8, 4) is 0 Å². The van der Waals surface area contributed by atoms with Crippen LogP contribution in [0.4, 0.5) is 13.2 Å². The van der Waals surface area contributed by atoms with E-state index in [0.29, 0.717) is 0 Å². The molecule has 0 aromatic heterocycles. The Kier molecular flexibility index (Phi) is 2.62. The van der Waals surface area contributed by atoms with Crippen molar-refractivity contribution in [1.82, 2.24) is 0 Å². The molecule has 0 bridgehead atoms. The quantitative estimate of drug-likeness (QED) is 0.541. The highest BCUT2D eigenvalue weighted by Crippen LogP contribution is 2.34. The third-order valence-corrected chi connectivity index (χ3v) is 0.555. The Morgan fingerprint density at radius 1 is 1.25 bits per heavy atom. The summed E-state index contributed by atoms with van der Waals surface area (Å²) in [6, 6.07) is 0. The normalized spacial score (nSPS) is 12.8. The van der Waals surface area contributed by atoms with Gasteiger partial charge in [0.05, 0.1) is 0 Å². The highest BCUT2D eigenvalue weighted by atomic mass is 31.2. The van der Waals surface area contributed by atoms with Gasteiger partial charge in [0.1, 0.15) is 0 Å². The van der Waals surface area contributed by atoms with Gasteiger partial charge in [-0.05, 0) is 0 Å². The van der Waals surface area contributed by atoms with E-state index in [1.165, 1.54) is 0 Å². The Balaban J connectivity index is 3.39. The van der Waals surface area contributed by atoms with Gasteiger partial charge in [-0.1, -0.05) is 0 Å². The van der Waals surface area contributed by atoms with E-state index >= 15 is 0 Å². The molecule has 0 saturated carbocycles. The van der Waals surface area contributed by atoms with Crippen LogP contribution in [-0.2, 0) is 4.52 Å². The summed E-state index contributed by atoms with van der Waals surface area (Å²) >= 11 is 0. The number of halogens is 3. The highest BCUT2D eigenvalue weighted by molar-refractivity contribution is 7.39. The van der Waals surface area contributed by atoms with Crippen LogP contribution < -0.4 is 0 Å². The van der Waals surface area contributed by atoms with E-state index in [1.54, 1.807) is 0 Å². The van der Waals surface area contributed by atoms with Gasteiger partial charge in [-0.25, -0.2) is 4.52 Å². The minimum absolute atomic E-state index is 2.61. The molecule has 0 aliphatic heterocycles. The summed E-state index contributed by atoms with van der Waals surface area (Å²) in [6.07, 6.45) is -4.95. The Morgan fingerprint density at radius 3 is 1.62 bits per heavy atom. The molecule has 3 nitrogen and oxygen atoms in total. The van der Waals surface area contributed by atoms with Crippen LogP contribution in [0.15, 0.2) is 0 Å². The topological polar surface area (TPSA) is 49.7 Å². The van der Waals surface area contributed by atoms with Crippen molar-refractivity contribution in [2.45, 2.75) is 6.36 Å². The fraction of sp³-hybridized carbons (Fsp3) is 1.00. The fourth-order valence-electron chi connectivity index (χ4n) is 0.0926. The minimum Gasteiger partial charge on any atom is -0.328 e. The Bertz CT molecular complexity index is 69.4. The van der Waals surface area contributed by atoms with Gasteiger partial charge < -0.3 is 9.79 Å². The zero-order chi connectivity index (χ0) is 6.78. The maximum absolute atomic E-state index is 10.8. The zero-order valence-corrected chi connectivity index (χ0v) is 4.28. The smallest absolute Gasteiger partial charge is 0.328 e. The molecule has 0 rings (SSSR count). The van der Waals surface area contributed by atoms with Crippen molar-refractivity contribution in [2.24, 2.45) is 0 Å². The van der Waals surface area contributed by atoms with E-state index in [0.717, 1.165) is 0 Å². The number of alkyl halides is 3. The summed E-state index contributed by atoms with van der Waals surface area (Å²) in [5.41, 5.74) is 0. The molecule has 0 saturated heterocycles. The summed E-state index contributed by atoms with van der Waals surface area (Å²) in [4.78, 5) is 15.1. The van der Waals surface area contributed by atoms with E-state index in [4.69, 9.17) is 9.79 Å². The fourth-order valence-corrected chi connectivity index (χ4v) is 0.278. The summed E-state index contributed by atoms with van der Waals surface area (Å²) in [5.74, 6) is 0. The molecule has 0 aliphatic carbocycles. The lowest BCUT2D eigenvalue weighted by Gasteiger charge is -2.04. The molecule has 50 valence electrons. The van der Waals surface area contributed by atoms with Crippen LogP contribution in [0, 0.1) is 0 Å². The Hall–Kier alpha value is 0.100. The van der Waals surface area contributed by atoms with Crippen LogP contribution in [-0.4, -0.2) is 16.1 Å². The van der Waals surface area contributed by atoms with E-state index in [-0.39, 0.29) is 0 Å². The van der Waals surface area contributed by atoms with E-state index in [1.807, 2.05) is 0 Å². The third kappa shape index (κ3) is 6.10. The van der Waals surface area contributed by atoms with Gasteiger partial charge in [0.15, 0.2) is 0 Å². The van der Waals surface area contributed by atoms with Crippen molar-refractivity contribution in [2.75, 3.05) is 0 Å².